The number of nitrogens with zero attached hydrogens (tertiary/aromatic N) is 6. The lowest BCUT2D eigenvalue weighted by Crippen LogP contribution is -2.54. The Balaban J connectivity index is 0.884. The van der Waals surface area contributed by atoms with Crippen molar-refractivity contribution in [3.63, 3.8) is 0 Å². The van der Waals surface area contributed by atoms with Crippen molar-refractivity contribution < 1.29 is 19.4 Å². The van der Waals surface area contributed by atoms with Crippen LogP contribution < -0.4 is 20.7 Å². The van der Waals surface area contributed by atoms with E-state index in [-0.39, 0.29) is 23.6 Å². The maximum Gasteiger partial charge on any atom is 0.249 e. The first-order valence-corrected chi connectivity index (χ1v) is 17.5. The molecule has 8 rings (SSSR count). The third-order valence-corrected chi connectivity index (χ3v) is 10.9. The third kappa shape index (κ3) is 6.09. The second-order valence-corrected chi connectivity index (χ2v) is 13.7. The summed E-state index contributed by atoms with van der Waals surface area (Å²) in [6.45, 7) is 3.25. The molecule has 254 valence electrons. The van der Waals surface area contributed by atoms with Gasteiger partial charge in [-0.05, 0) is 86.8 Å². The zero-order valence-corrected chi connectivity index (χ0v) is 27.5. The van der Waals surface area contributed by atoms with Crippen LogP contribution >= 0.6 is 0 Å². The number of aromatic nitrogens is 4. The standard InChI is InChI=1S/C37H42N8O4/c38-36-28(22-30(40-41-36)27-4-1-2-7-33(27)46)29-16-19-45(42-29)25-14-17-43(18-15-25)24-10-8-23(9-11-24)26-5-3-6-31-35(26)49-21-20-44(31)32-12-13-34(47)39-37(32)48/h1-7,16,19,22-25,32,46H,8-15,17-18,20-21H2,(H2,38,41)(H,39,47,48)/t23?,24?,32-/m1/s1. The number of benzene rings is 2. The molecule has 2 amide bonds. The molecule has 2 saturated heterocycles. The molecule has 2 aromatic heterocycles. The molecule has 0 bridgehead atoms. The van der Waals surface area contributed by atoms with E-state index < -0.39 is 0 Å². The zero-order valence-electron chi connectivity index (χ0n) is 27.5. The van der Waals surface area contributed by atoms with Gasteiger partial charge in [0.25, 0.3) is 0 Å². The molecule has 5 heterocycles. The first-order valence-electron chi connectivity index (χ1n) is 17.5. The van der Waals surface area contributed by atoms with E-state index in [4.69, 9.17) is 15.6 Å². The highest BCUT2D eigenvalue weighted by atomic mass is 16.5. The van der Waals surface area contributed by atoms with Crippen LogP contribution in [0.1, 0.15) is 68.9 Å². The number of piperidine rings is 2. The second kappa shape index (κ2) is 13.1. The van der Waals surface area contributed by atoms with E-state index in [1.807, 2.05) is 24.4 Å². The van der Waals surface area contributed by atoms with Gasteiger partial charge in [-0.1, -0.05) is 24.3 Å². The van der Waals surface area contributed by atoms with E-state index in [0.717, 1.165) is 68.7 Å². The lowest BCUT2D eigenvalue weighted by Gasteiger charge is -2.42. The van der Waals surface area contributed by atoms with Gasteiger partial charge in [0.05, 0.1) is 29.7 Å². The predicted molar refractivity (Wildman–Crippen MR) is 185 cm³/mol. The maximum atomic E-state index is 12.7. The number of amides is 2. The fourth-order valence-corrected chi connectivity index (χ4v) is 8.30. The van der Waals surface area contributed by atoms with Crippen molar-refractivity contribution in [2.45, 2.75) is 75.4 Å². The van der Waals surface area contributed by atoms with Gasteiger partial charge in [-0.25, -0.2) is 0 Å². The fourth-order valence-electron chi connectivity index (χ4n) is 8.30. The molecule has 49 heavy (non-hydrogen) atoms. The van der Waals surface area contributed by atoms with Crippen molar-refractivity contribution in [3.05, 3.63) is 66.4 Å². The van der Waals surface area contributed by atoms with Crippen LogP contribution in [0.15, 0.2) is 60.8 Å². The van der Waals surface area contributed by atoms with E-state index in [9.17, 15) is 14.7 Å². The van der Waals surface area contributed by atoms with Gasteiger partial charge in [0, 0.05) is 42.9 Å². The van der Waals surface area contributed by atoms with Crippen LogP contribution in [-0.4, -0.2) is 80.1 Å². The summed E-state index contributed by atoms with van der Waals surface area (Å²) in [5.41, 5.74) is 11.1. The number of rotatable bonds is 6. The Kier molecular flexibility index (Phi) is 8.40. The summed E-state index contributed by atoms with van der Waals surface area (Å²) in [6, 6.07) is 17.8. The van der Waals surface area contributed by atoms with E-state index in [2.05, 4.69) is 48.2 Å². The molecule has 0 unspecified atom stereocenters. The van der Waals surface area contributed by atoms with Crippen molar-refractivity contribution in [3.8, 4) is 34.0 Å². The minimum absolute atomic E-state index is 0.143. The minimum atomic E-state index is -0.337. The molecule has 12 heteroatoms. The van der Waals surface area contributed by atoms with Crippen molar-refractivity contribution in [1.29, 1.82) is 0 Å². The average molecular weight is 663 g/mol. The maximum absolute atomic E-state index is 12.7. The molecule has 1 saturated carbocycles. The number of phenols is 1. The number of nitrogens with two attached hydrogens (primary N) is 1. The highest BCUT2D eigenvalue weighted by Gasteiger charge is 2.37. The number of hydrogen-bond donors (Lipinski definition) is 3. The molecule has 12 nitrogen and oxygen atoms in total. The van der Waals surface area contributed by atoms with Crippen molar-refractivity contribution in [1.82, 2.24) is 30.2 Å². The van der Waals surface area contributed by atoms with Crippen molar-refractivity contribution in [2.75, 3.05) is 36.9 Å². The number of phenolic OH excluding ortho intramolecular Hbond substituents is 1. The number of hydrogen-bond acceptors (Lipinski definition) is 10. The Labute approximate surface area is 285 Å². The normalized spacial score (nSPS) is 23.5. The summed E-state index contributed by atoms with van der Waals surface area (Å²) in [5.74, 6) is 1.40. The number of carbonyl (C=O) groups excluding carboxylic acids is 2. The molecular weight excluding hydrogens is 620 g/mol. The summed E-state index contributed by atoms with van der Waals surface area (Å²) in [5, 5.41) is 26.1. The highest BCUT2D eigenvalue weighted by Crippen LogP contribution is 2.45. The average Bonchev–Trinajstić information content (AvgIpc) is 3.62. The molecule has 4 aliphatic rings. The summed E-state index contributed by atoms with van der Waals surface area (Å²) in [4.78, 5) is 29.2. The molecule has 0 radical (unpaired) electrons. The quantitative estimate of drug-likeness (QED) is 0.249. The summed E-state index contributed by atoms with van der Waals surface area (Å²) >= 11 is 0. The molecule has 0 spiro atoms. The zero-order chi connectivity index (χ0) is 33.5. The number of ether oxygens (including phenoxy) is 1. The number of anilines is 2. The van der Waals surface area contributed by atoms with Gasteiger partial charge in [0.15, 0.2) is 5.82 Å². The molecule has 1 aliphatic carbocycles. The smallest absolute Gasteiger partial charge is 0.249 e. The first kappa shape index (κ1) is 31.3. The molecule has 1 atom stereocenters. The summed E-state index contributed by atoms with van der Waals surface area (Å²) in [7, 11) is 0. The fraction of sp³-hybridized carbons (Fsp3) is 0.432. The Morgan fingerprint density at radius 2 is 1.65 bits per heavy atom. The van der Waals surface area contributed by atoms with Crippen LogP contribution in [0, 0.1) is 0 Å². The van der Waals surface area contributed by atoms with Crippen LogP contribution in [0.25, 0.3) is 22.5 Å². The van der Waals surface area contributed by atoms with Crippen LogP contribution in [0.2, 0.25) is 0 Å². The number of carbonyl (C=O) groups is 2. The van der Waals surface area contributed by atoms with Gasteiger partial charge in [0.1, 0.15) is 24.1 Å². The second-order valence-electron chi connectivity index (χ2n) is 13.7. The summed E-state index contributed by atoms with van der Waals surface area (Å²) in [6.07, 6.45) is 9.51. The Morgan fingerprint density at radius 3 is 2.45 bits per heavy atom. The molecule has 4 aromatic rings. The lowest BCUT2D eigenvalue weighted by molar-refractivity contribution is -0.134. The lowest BCUT2D eigenvalue weighted by atomic mass is 9.80. The van der Waals surface area contributed by atoms with Crippen molar-refractivity contribution >= 4 is 23.3 Å². The number of imide groups is 1. The Bertz CT molecular complexity index is 1860. The minimum Gasteiger partial charge on any atom is -0.507 e. The predicted octanol–water partition coefficient (Wildman–Crippen LogP) is 4.66. The molecule has 3 fully saturated rings. The molecule has 3 aliphatic heterocycles. The number of likely N-dealkylation sites (tertiary alicyclic amines) is 1. The number of nitrogens with one attached hydrogen (secondary N) is 1. The first-order chi connectivity index (χ1) is 23.9. The van der Waals surface area contributed by atoms with Gasteiger partial charge >= 0.3 is 0 Å². The monoisotopic (exact) mass is 662 g/mol. The van der Waals surface area contributed by atoms with Crippen LogP contribution in [0.3, 0.4) is 0 Å². The number of fused-ring (bicyclic) bond motifs is 1. The van der Waals surface area contributed by atoms with Crippen LogP contribution in [-0.2, 0) is 9.59 Å². The van der Waals surface area contributed by atoms with Crippen LogP contribution in [0.5, 0.6) is 11.5 Å². The van der Waals surface area contributed by atoms with E-state index in [1.54, 1.807) is 18.2 Å². The van der Waals surface area contributed by atoms with Gasteiger partial charge < -0.3 is 25.4 Å². The number of para-hydroxylation sites is 2. The number of nitrogen functional groups attached to an aromatic ring is 1. The van der Waals surface area contributed by atoms with Gasteiger partial charge in [-0.15, -0.1) is 10.2 Å². The molecule has 4 N–H and O–H groups in total. The summed E-state index contributed by atoms with van der Waals surface area (Å²) < 4.78 is 8.34. The van der Waals surface area contributed by atoms with Gasteiger partial charge in [-0.3, -0.25) is 19.6 Å². The molecule has 2 aromatic carbocycles. The Morgan fingerprint density at radius 1 is 0.837 bits per heavy atom. The van der Waals surface area contributed by atoms with Gasteiger partial charge in [0.2, 0.25) is 11.8 Å². The van der Waals surface area contributed by atoms with Crippen molar-refractivity contribution in [2.24, 2.45) is 0 Å². The SMILES string of the molecule is Nc1nnc(-c2ccccc2O)cc1-c1ccn(C2CCN(C3CCC(c4cccc5c4OCCN5[C@@H]4CCC(=O)NC4=O)CC3)CC2)n1. The third-order valence-electron chi connectivity index (χ3n) is 10.9. The Hall–Kier alpha value is -4.97. The van der Waals surface area contributed by atoms with E-state index in [1.165, 1.54) is 5.56 Å². The topological polar surface area (TPSA) is 152 Å². The van der Waals surface area contributed by atoms with E-state index in [0.29, 0.717) is 66.6 Å². The number of aromatic hydroxyl groups is 1. The largest absolute Gasteiger partial charge is 0.507 e. The molecular formula is C37H42N8O4. The van der Waals surface area contributed by atoms with Gasteiger partial charge in [-0.2, -0.15) is 5.10 Å². The highest BCUT2D eigenvalue weighted by molar-refractivity contribution is 6.02. The van der Waals surface area contributed by atoms with Crippen LogP contribution in [0.4, 0.5) is 11.5 Å². The van der Waals surface area contributed by atoms with E-state index >= 15 is 0 Å².